The molecule has 1 saturated heterocycles. The zero-order valence-electron chi connectivity index (χ0n) is 9.87. The van der Waals surface area contributed by atoms with Gasteiger partial charge in [0.25, 0.3) is 0 Å². The van der Waals surface area contributed by atoms with Gasteiger partial charge in [-0.3, -0.25) is 4.79 Å². The molecule has 2 rings (SSSR count). The van der Waals surface area contributed by atoms with Gasteiger partial charge in [-0.1, -0.05) is 6.92 Å². The number of amides is 1. The standard InChI is InChI=1S/C13H23NO/c1-11-5-7-12(8-6-11)13(15)14-9-3-2-4-10-14/h11-12H,2-10H2,1H3/t11-,12+. The minimum Gasteiger partial charge on any atom is -0.342 e. The lowest BCUT2D eigenvalue weighted by Gasteiger charge is -2.33. The van der Waals surface area contributed by atoms with Gasteiger partial charge in [0.1, 0.15) is 0 Å². The van der Waals surface area contributed by atoms with Crippen LogP contribution in [0.15, 0.2) is 0 Å². The Morgan fingerprint density at radius 3 is 2.20 bits per heavy atom. The van der Waals surface area contributed by atoms with Gasteiger partial charge in [-0.2, -0.15) is 0 Å². The van der Waals surface area contributed by atoms with Crippen molar-refractivity contribution in [1.29, 1.82) is 0 Å². The molecule has 2 nitrogen and oxygen atoms in total. The molecule has 0 bridgehead atoms. The largest absolute Gasteiger partial charge is 0.342 e. The van der Waals surface area contributed by atoms with Crippen LogP contribution in [0, 0.1) is 11.8 Å². The van der Waals surface area contributed by atoms with E-state index in [4.69, 9.17) is 0 Å². The molecule has 1 aliphatic carbocycles. The number of hydrogen-bond acceptors (Lipinski definition) is 1. The van der Waals surface area contributed by atoms with Gasteiger partial charge in [0, 0.05) is 19.0 Å². The molecule has 0 atom stereocenters. The van der Waals surface area contributed by atoms with Gasteiger partial charge in [0.2, 0.25) is 5.91 Å². The van der Waals surface area contributed by atoms with Gasteiger partial charge in [0.15, 0.2) is 0 Å². The van der Waals surface area contributed by atoms with Crippen LogP contribution in [0.5, 0.6) is 0 Å². The molecule has 2 heteroatoms. The fourth-order valence-corrected chi connectivity index (χ4v) is 2.88. The SMILES string of the molecule is C[C@H]1CC[C@@H](C(=O)N2CCCCC2)CC1. The molecule has 0 aromatic rings. The minimum absolute atomic E-state index is 0.360. The van der Waals surface area contributed by atoms with Crippen LogP contribution < -0.4 is 0 Å². The van der Waals surface area contributed by atoms with Crippen LogP contribution in [0.3, 0.4) is 0 Å². The van der Waals surface area contributed by atoms with Crippen LogP contribution in [-0.4, -0.2) is 23.9 Å². The van der Waals surface area contributed by atoms with Crippen LogP contribution in [0.25, 0.3) is 0 Å². The predicted molar refractivity (Wildman–Crippen MR) is 61.6 cm³/mol. The van der Waals surface area contributed by atoms with Crippen LogP contribution in [0.4, 0.5) is 0 Å². The Labute approximate surface area is 93.0 Å². The van der Waals surface area contributed by atoms with E-state index < -0.39 is 0 Å². The molecule has 1 aliphatic heterocycles. The van der Waals surface area contributed by atoms with E-state index in [1.54, 1.807) is 0 Å². The molecule has 1 heterocycles. The molecule has 1 amide bonds. The lowest BCUT2D eigenvalue weighted by molar-refractivity contribution is -0.137. The summed E-state index contributed by atoms with van der Waals surface area (Å²) in [6.07, 6.45) is 8.52. The molecule has 86 valence electrons. The van der Waals surface area contributed by atoms with E-state index in [0.29, 0.717) is 11.8 Å². The molecule has 0 radical (unpaired) electrons. The average Bonchev–Trinajstić information content (AvgIpc) is 2.30. The van der Waals surface area contributed by atoms with Crippen molar-refractivity contribution < 1.29 is 4.79 Å². The third kappa shape index (κ3) is 2.73. The van der Waals surface area contributed by atoms with Gasteiger partial charge < -0.3 is 4.90 Å². The van der Waals surface area contributed by atoms with Crippen molar-refractivity contribution in [2.24, 2.45) is 11.8 Å². The number of hydrogen-bond donors (Lipinski definition) is 0. The predicted octanol–water partition coefficient (Wildman–Crippen LogP) is 2.83. The summed E-state index contributed by atoms with van der Waals surface area (Å²) in [6, 6.07) is 0. The van der Waals surface area contributed by atoms with Crippen LogP contribution in [0.2, 0.25) is 0 Å². The quantitative estimate of drug-likeness (QED) is 0.650. The zero-order valence-corrected chi connectivity index (χ0v) is 9.87. The number of carbonyl (C=O) groups excluding carboxylic acids is 1. The number of piperidine rings is 1. The van der Waals surface area contributed by atoms with Crippen LogP contribution in [0.1, 0.15) is 51.9 Å². The third-order valence-corrected chi connectivity index (χ3v) is 4.03. The Kier molecular flexibility index (Phi) is 3.66. The van der Waals surface area contributed by atoms with E-state index in [0.717, 1.165) is 31.8 Å². The summed E-state index contributed by atoms with van der Waals surface area (Å²) >= 11 is 0. The minimum atomic E-state index is 0.360. The van der Waals surface area contributed by atoms with Crippen molar-refractivity contribution in [3.05, 3.63) is 0 Å². The Morgan fingerprint density at radius 1 is 1.00 bits per heavy atom. The molecule has 0 N–H and O–H groups in total. The van der Waals surface area contributed by atoms with E-state index in [9.17, 15) is 4.79 Å². The maximum Gasteiger partial charge on any atom is 0.225 e. The third-order valence-electron chi connectivity index (χ3n) is 4.03. The first-order valence-electron chi connectivity index (χ1n) is 6.56. The first-order valence-corrected chi connectivity index (χ1v) is 6.56. The van der Waals surface area contributed by atoms with Gasteiger partial charge in [-0.15, -0.1) is 0 Å². The summed E-state index contributed by atoms with van der Waals surface area (Å²) in [5.41, 5.74) is 0. The fourth-order valence-electron chi connectivity index (χ4n) is 2.88. The second-order valence-corrected chi connectivity index (χ2v) is 5.34. The van der Waals surface area contributed by atoms with Crippen LogP contribution >= 0.6 is 0 Å². The molecule has 15 heavy (non-hydrogen) atoms. The molecule has 1 saturated carbocycles. The molecule has 0 unspecified atom stereocenters. The van der Waals surface area contributed by atoms with Gasteiger partial charge in [-0.05, 0) is 50.9 Å². The summed E-state index contributed by atoms with van der Waals surface area (Å²) in [7, 11) is 0. The van der Waals surface area contributed by atoms with Gasteiger partial charge in [0.05, 0.1) is 0 Å². The normalized spacial score (nSPS) is 32.7. The van der Waals surface area contributed by atoms with Crippen molar-refractivity contribution >= 4 is 5.91 Å². The summed E-state index contributed by atoms with van der Waals surface area (Å²) in [6.45, 7) is 4.34. The second kappa shape index (κ2) is 5.00. The van der Waals surface area contributed by atoms with E-state index in [-0.39, 0.29) is 0 Å². The first-order chi connectivity index (χ1) is 7.27. The number of rotatable bonds is 1. The summed E-state index contributed by atoms with van der Waals surface area (Å²) < 4.78 is 0. The Bertz CT molecular complexity index is 213. The molecule has 0 aromatic carbocycles. The Balaban J connectivity index is 1.84. The highest BCUT2D eigenvalue weighted by Gasteiger charge is 2.28. The van der Waals surface area contributed by atoms with Crippen molar-refractivity contribution in [2.75, 3.05) is 13.1 Å². The fraction of sp³-hybridized carbons (Fsp3) is 0.923. The van der Waals surface area contributed by atoms with E-state index >= 15 is 0 Å². The number of nitrogens with zero attached hydrogens (tertiary/aromatic N) is 1. The van der Waals surface area contributed by atoms with Crippen molar-refractivity contribution in [3.63, 3.8) is 0 Å². The summed E-state index contributed by atoms with van der Waals surface area (Å²) in [5, 5.41) is 0. The molecular formula is C13H23NO. The highest BCUT2D eigenvalue weighted by molar-refractivity contribution is 5.79. The summed E-state index contributed by atoms with van der Waals surface area (Å²) in [5.74, 6) is 1.66. The molecule has 0 spiro atoms. The van der Waals surface area contributed by atoms with E-state index in [2.05, 4.69) is 11.8 Å². The molecule has 0 aromatic heterocycles. The first kappa shape index (κ1) is 11.0. The van der Waals surface area contributed by atoms with Crippen molar-refractivity contribution in [1.82, 2.24) is 4.90 Å². The van der Waals surface area contributed by atoms with Crippen molar-refractivity contribution in [3.8, 4) is 0 Å². The van der Waals surface area contributed by atoms with Gasteiger partial charge >= 0.3 is 0 Å². The molecular weight excluding hydrogens is 186 g/mol. The Morgan fingerprint density at radius 2 is 1.60 bits per heavy atom. The average molecular weight is 209 g/mol. The Hall–Kier alpha value is -0.530. The number of likely N-dealkylation sites (tertiary alicyclic amines) is 1. The lowest BCUT2D eigenvalue weighted by Crippen LogP contribution is -2.40. The monoisotopic (exact) mass is 209 g/mol. The number of carbonyl (C=O) groups is 1. The van der Waals surface area contributed by atoms with Crippen molar-refractivity contribution in [2.45, 2.75) is 51.9 Å². The summed E-state index contributed by atoms with van der Waals surface area (Å²) in [4.78, 5) is 14.3. The molecule has 2 aliphatic rings. The lowest BCUT2D eigenvalue weighted by atomic mass is 9.82. The maximum atomic E-state index is 12.2. The smallest absolute Gasteiger partial charge is 0.225 e. The van der Waals surface area contributed by atoms with E-state index in [1.165, 1.54) is 32.1 Å². The highest BCUT2D eigenvalue weighted by atomic mass is 16.2. The second-order valence-electron chi connectivity index (χ2n) is 5.34. The van der Waals surface area contributed by atoms with E-state index in [1.807, 2.05) is 0 Å². The highest BCUT2D eigenvalue weighted by Crippen LogP contribution is 2.30. The topological polar surface area (TPSA) is 20.3 Å². The van der Waals surface area contributed by atoms with Gasteiger partial charge in [-0.25, -0.2) is 0 Å². The zero-order chi connectivity index (χ0) is 10.7. The maximum absolute atomic E-state index is 12.2. The molecule has 2 fully saturated rings. The van der Waals surface area contributed by atoms with Crippen LogP contribution in [-0.2, 0) is 4.79 Å².